The molecule has 25 heavy (non-hydrogen) atoms. The second kappa shape index (κ2) is 8.34. The second-order valence-electron chi connectivity index (χ2n) is 5.67. The lowest BCUT2D eigenvalue weighted by molar-refractivity contribution is 0.102. The number of ether oxygens (including phenoxy) is 2. The SMILES string of the molecule is O=C(Nc1ccc(NCCCCCO)nc1)c1ccc2c(c1)OCO2. The second-order valence-corrected chi connectivity index (χ2v) is 5.67. The minimum Gasteiger partial charge on any atom is -0.454 e. The summed E-state index contributed by atoms with van der Waals surface area (Å²) in [5, 5.41) is 14.7. The van der Waals surface area contributed by atoms with Crippen LogP contribution in [0.4, 0.5) is 11.5 Å². The minimum atomic E-state index is -0.232. The molecule has 0 radical (unpaired) electrons. The van der Waals surface area contributed by atoms with Crippen molar-refractivity contribution >= 4 is 17.4 Å². The van der Waals surface area contributed by atoms with Gasteiger partial charge in [-0.05, 0) is 49.6 Å². The fourth-order valence-electron chi connectivity index (χ4n) is 2.44. The molecular formula is C18H21N3O4. The zero-order valence-corrected chi connectivity index (χ0v) is 13.8. The minimum absolute atomic E-state index is 0.179. The lowest BCUT2D eigenvalue weighted by Crippen LogP contribution is -2.12. The zero-order chi connectivity index (χ0) is 17.5. The van der Waals surface area contributed by atoms with Gasteiger partial charge in [0.25, 0.3) is 5.91 Å². The van der Waals surface area contributed by atoms with Crippen molar-refractivity contribution in [3.63, 3.8) is 0 Å². The highest BCUT2D eigenvalue weighted by Gasteiger charge is 2.16. The third-order valence-corrected chi connectivity index (χ3v) is 3.80. The van der Waals surface area contributed by atoms with Crippen LogP contribution in [0, 0.1) is 0 Å². The van der Waals surface area contributed by atoms with Gasteiger partial charge in [-0.1, -0.05) is 0 Å². The number of unbranched alkanes of at least 4 members (excludes halogenated alkanes) is 2. The number of benzene rings is 1. The zero-order valence-electron chi connectivity index (χ0n) is 13.8. The van der Waals surface area contributed by atoms with Gasteiger partial charge in [0.2, 0.25) is 6.79 Å². The van der Waals surface area contributed by atoms with Crippen LogP contribution in [-0.4, -0.2) is 35.9 Å². The largest absolute Gasteiger partial charge is 0.454 e. The lowest BCUT2D eigenvalue weighted by Gasteiger charge is -2.08. The van der Waals surface area contributed by atoms with Crippen molar-refractivity contribution < 1.29 is 19.4 Å². The Balaban J connectivity index is 1.51. The Bertz CT molecular complexity index is 719. The molecule has 0 atom stereocenters. The molecule has 0 fully saturated rings. The predicted molar refractivity (Wildman–Crippen MR) is 94.2 cm³/mol. The Labute approximate surface area is 146 Å². The van der Waals surface area contributed by atoms with Gasteiger partial charge in [0.05, 0.1) is 11.9 Å². The van der Waals surface area contributed by atoms with Crippen molar-refractivity contribution in [1.82, 2.24) is 4.98 Å². The number of pyridine rings is 1. The molecule has 7 heteroatoms. The van der Waals surface area contributed by atoms with E-state index in [2.05, 4.69) is 15.6 Å². The van der Waals surface area contributed by atoms with Crippen molar-refractivity contribution in [2.75, 3.05) is 30.6 Å². The third kappa shape index (κ3) is 4.60. The molecule has 0 unspecified atom stereocenters. The van der Waals surface area contributed by atoms with E-state index in [0.29, 0.717) is 22.7 Å². The van der Waals surface area contributed by atoms with Gasteiger partial charge in [-0.3, -0.25) is 4.79 Å². The van der Waals surface area contributed by atoms with E-state index in [9.17, 15) is 4.79 Å². The van der Waals surface area contributed by atoms with Gasteiger partial charge in [-0.2, -0.15) is 0 Å². The molecule has 1 aliphatic heterocycles. The third-order valence-electron chi connectivity index (χ3n) is 3.80. The van der Waals surface area contributed by atoms with Crippen LogP contribution in [-0.2, 0) is 0 Å². The first-order valence-corrected chi connectivity index (χ1v) is 8.28. The Kier molecular flexibility index (Phi) is 5.69. The summed E-state index contributed by atoms with van der Waals surface area (Å²) in [6.07, 6.45) is 4.39. The molecule has 1 aromatic carbocycles. The number of nitrogens with zero attached hydrogens (tertiary/aromatic N) is 1. The van der Waals surface area contributed by atoms with Gasteiger partial charge in [0.15, 0.2) is 11.5 Å². The maximum absolute atomic E-state index is 12.3. The molecule has 0 spiro atoms. The first-order chi connectivity index (χ1) is 12.3. The summed E-state index contributed by atoms with van der Waals surface area (Å²) in [4.78, 5) is 16.6. The molecule has 3 N–H and O–H groups in total. The number of aliphatic hydroxyl groups is 1. The highest BCUT2D eigenvalue weighted by Crippen LogP contribution is 2.32. The summed E-state index contributed by atoms with van der Waals surface area (Å²) in [7, 11) is 0. The maximum atomic E-state index is 12.3. The van der Waals surface area contributed by atoms with Crippen LogP contribution in [0.15, 0.2) is 36.5 Å². The van der Waals surface area contributed by atoms with E-state index >= 15 is 0 Å². The van der Waals surface area contributed by atoms with E-state index in [-0.39, 0.29) is 19.3 Å². The summed E-state index contributed by atoms with van der Waals surface area (Å²) in [6, 6.07) is 8.69. The summed E-state index contributed by atoms with van der Waals surface area (Å²) in [5.74, 6) is 1.74. The number of aromatic nitrogens is 1. The number of aliphatic hydroxyl groups excluding tert-OH is 1. The number of anilines is 2. The molecule has 1 amide bonds. The lowest BCUT2D eigenvalue weighted by atomic mass is 10.2. The number of rotatable bonds is 8. The number of hydrogen-bond donors (Lipinski definition) is 3. The summed E-state index contributed by atoms with van der Waals surface area (Å²) in [6.45, 7) is 1.21. The van der Waals surface area contributed by atoms with Crippen LogP contribution in [0.1, 0.15) is 29.6 Å². The average Bonchev–Trinajstić information content (AvgIpc) is 3.10. The van der Waals surface area contributed by atoms with Gasteiger partial charge in [0, 0.05) is 18.7 Å². The molecule has 0 saturated heterocycles. The van der Waals surface area contributed by atoms with Crippen LogP contribution in [0.5, 0.6) is 11.5 Å². The number of carbonyl (C=O) groups excluding carboxylic acids is 1. The molecular weight excluding hydrogens is 322 g/mol. The number of fused-ring (bicyclic) bond motifs is 1. The van der Waals surface area contributed by atoms with E-state index in [1.165, 1.54) is 0 Å². The smallest absolute Gasteiger partial charge is 0.255 e. The molecule has 3 rings (SSSR count). The highest BCUT2D eigenvalue weighted by molar-refractivity contribution is 6.04. The van der Waals surface area contributed by atoms with E-state index in [1.54, 1.807) is 30.5 Å². The molecule has 1 aliphatic rings. The fraction of sp³-hybridized carbons (Fsp3) is 0.333. The number of carbonyl (C=O) groups is 1. The van der Waals surface area contributed by atoms with E-state index < -0.39 is 0 Å². The quantitative estimate of drug-likeness (QED) is 0.638. The molecule has 132 valence electrons. The van der Waals surface area contributed by atoms with Crippen molar-refractivity contribution in [1.29, 1.82) is 0 Å². The average molecular weight is 343 g/mol. The Morgan fingerprint density at radius 3 is 2.80 bits per heavy atom. The molecule has 1 aromatic heterocycles. The summed E-state index contributed by atoms with van der Waals surface area (Å²) in [5.41, 5.74) is 1.11. The predicted octanol–water partition coefficient (Wildman–Crippen LogP) is 2.64. The van der Waals surface area contributed by atoms with Crippen molar-refractivity contribution in [3.8, 4) is 11.5 Å². The van der Waals surface area contributed by atoms with E-state index in [1.807, 2.05) is 6.07 Å². The van der Waals surface area contributed by atoms with Crippen LogP contribution >= 0.6 is 0 Å². The normalized spacial score (nSPS) is 12.0. The Morgan fingerprint density at radius 1 is 1.12 bits per heavy atom. The molecule has 0 bridgehead atoms. The monoisotopic (exact) mass is 343 g/mol. The molecule has 0 saturated carbocycles. The standard InChI is InChI=1S/C18H21N3O4/c22-9-3-1-2-8-19-17-7-5-14(11-20-17)21-18(23)13-4-6-15-16(10-13)25-12-24-15/h4-7,10-11,22H,1-3,8-9,12H2,(H,19,20)(H,21,23). The van der Waals surface area contributed by atoms with E-state index in [4.69, 9.17) is 14.6 Å². The number of nitrogens with one attached hydrogen (secondary N) is 2. The van der Waals surface area contributed by atoms with Gasteiger partial charge >= 0.3 is 0 Å². The van der Waals surface area contributed by atoms with Gasteiger partial charge in [-0.15, -0.1) is 0 Å². The highest BCUT2D eigenvalue weighted by atomic mass is 16.7. The van der Waals surface area contributed by atoms with Gasteiger partial charge in [0.1, 0.15) is 5.82 Å². The van der Waals surface area contributed by atoms with Crippen molar-refractivity contribution in [3.05, 3.63) is 42.1 Å². The Hall–Kier alpha value is -2.80. The number of amides is 1. The summed E-state index contributed by atoms with van der Waals surface area (Å²) < 4.78 is 10.5. The van der Waals surface area contributed by atoms with Crippen LogP contribution in [0.2, 0.25) is 0 Å². The van der Waals surface area contributed by atoms with Gasteiger partial charge < -0.3 is 25.2 Å². The molecule has 7 nitrogen and oxygen atoms in total. The van der Waals surface area contributed by atoms with Crippen LogP contribution in [0.3, 0.4) is 0 Å². The van der Waals surface area contributed by atoms with Gasteiger partial charge in [-0.25, -0.2) is 4.98 Å². The Morgan fingerprint density at radius 2 is 2.00 bits per heavy atom. The van der Waals surface area contributed by atoms with E-state index in [0.717, 1.165) is 31.6 Å². The number of hydrogen-bond acceptors (Lipinski definition) is 6. The van der Waals surface area contributed by atoms with Crippen molar-refractivity contribution in [2.24, 2.45) is 0 Å². The first-order valence-electron chi connectivity index (χ1n) is 8.28. The van der Waals surface area contributed by atoms with Crippen LogP contribution in [0.25, 0.3) is 0 Å². The van der Waals surface area contributed by atoms with Crippen molar-refractivity contribution in [2.45, 2.75) is 19.3 Å². The topological polar surface area (TPSA) is 92.7 Å². The first kappa shape index (κ1) is 17.0. The van der Waals surface area contributed by atoms with Crippen LogP contribution < -0.4 is 20.1 Å². The molecule has 2 aromatic rings. The molecule has 2 heterocycles. The fourth-order valence-corrected chi connectivity index (χ4v) is 2.44. The molecule has 0 aliphatic carbocycles. The summed E-state index contributed by atoms with van der Waals surface area (Å²) >= 11 is 0. The maximum Gasteiger partial charge on any atom is 0.255 e.